The lowest BCUT2D eigenvalue weighted by Crippen LogP contribution is -2.23. The maximum atomic E-state index is 6.17. The predicted octanol–water partition coefficient (Wildman–Crippen LogP) is 3.27. The minimum Gasteiger partial charge on any atom is -0.381 e. The molecule has 8 heteroatoms. The Bertz CT molecular complexity index is 964. The first-order valence-corrected chi connectivity index (χ1v) is 9.30. The number of aliphatic imine (C=N–C) groups is 1. The molecule has 1 unspecified atom stereocenters. The minimum absolute atomic E-state index is 0.150. The average Bonchev–Trinajstić information content (AvgIpc) is 3.12. The van der Waals surface area contributed by atoms with Crippen molar-refractivity contribution in [2.75, 3.05) is 14.2 Å². The molecule has 1 atom stereocenters. The Kier molecular flexibility index (Phi) is 5.21. The summed E-state index contributed by atoms with van der Waals surface area (Å²) in [6, 6.07) is 0.275. The Balaban J connectivity index is 1.67. The molecular formula is C19H20ClN5O2. The monoisotopic (exact) mass is 385 g/mol. The molecule has 0 aliphatic heterocycles. The van der Waals surface area contributed by atoms with Gasteiger partial charge in [0, 0.05) is 14.2 Å². The molecule has 27 heavy (non-hydrogen) atoms. The highest BCUT2D eigenvalue weighted by Crippen LogP contribution is 2.33. The second-order valence-electron chi connectivity index (χ2n) is 6.59. The fourth-order valence-corrected chi connectivity index (χ4v) is 3.65. The van der Waals surface area contributed by atoms with Crippen molar-refractivity contribution in [1.82, 2.24) is 19.7 Å². The van der Waals surface area contributed by atoms with Crippen LogP contribution in [0, 0.1) is 11.8 Å². The van der Waals surface area contributed by atoms with Crippen LogP contribution < -0.4 is 0 Å². The first-order valence-electron chi connectivity index (χ1n) is 8.92. The van der Waals surface area contributed by atoms with Crippen LogP contribution in [0.2, 0.25) is 5.28 Å². The van der Waals surface area contributed by atoms with Crippen LogP contribution in [-0.2, 0) is 9.47 Å². The second kappa shape index (κ2) is 7.77. The van der Waals surface area contributed by atoms with Gasteiger partial charge in [0.05, 0.1) is 23.7 Å². The predicted molar refractivity (Wildman–Crippen MR) is 103 cm³/mol. The summed E-state index contributed by atoms with van der Waals surface area (Å²) in [4.78, 5) is 13.2. The zero-order valence-corrected chi connectivity index (χ0v) is 16.0. The van der Waals surface area contributed by atoms with Crippen molar-refractivity contribution in [3.63, 3.8) is 0 Å². The van der Waals surface area contributed by atoms with Crippen LogP contribution in [0.25, 0.3) is 11.0 Å². The van der Waals surface area contributed by atoms with Crippen molar-refractivity contribution in [1.29, 1.82) is 0 Å². The Morgan fingerprint density at radius 2 is 2.00 bits per heavy atom. The number of allylic oxidation sites excluding steroid dienone is 1. The molecule has 2 aliphatic carbocycles. The van der Waals surface area contributed by atoms with E-state index in [-0.39, 0.29) is 17.4 Å². The molecule has 0 radical (unpaired) electrons. The van der Waals surface area contributed by atoms with E-state index in [1.165, 1.54) is 0 Å². The van der Waals surface area contributed by atoms with Crippen LogP contribution in [0.3, 0.4) is 0 Å². The van der Waals surface area contributed by atoms with Crippen LogP contribution in [0.1, 0.15) is 31.7 Å². The van der Waals surface area contributed by atoms with Crippen molar-refractivity contribution < 1.29 is 9.47 Å². The number of aromatic nitrogens is 4. The summed E-state index contributed by atoms with van der Waals surface area (Å²) in [5.41, 5.74) is 1.31. The fourth-order valence-electron chi connectivity index (χ4n) is 3.49. The number of methoxy groups -OCH3 is 2. The summed E-state index contributed by atoms with van der Waals surface area (Å²) in [5.74, 6) is 6.43. The van der Waals surface area contributed by atoms with E-state index < -0.39 is 0 Å². The van der Waals surface area contributed by atoms with Crippen LogP contribution >= 0.6 is 11.6 Å². The lowest BCUT2D eigenvalue weighted by atomic mass is 9.93. The van der Waals surface area contributed by atoms with Gasteiger partial charge in [0.25, 0.3) is 0 Å². The third kappa shape index (κ3) is 3.74. The maximum absolute atomic E-state index is 6.17. The van der Waals surface area contributed by atoms with Gasteiger partial charge < -0.3 is 9.47 Å². The molecular weight excluding hydrogens is 366 g/mol. The molecule has 7 nitrogen and oxygen atoms in total. The normalized spacial score (nSPS) is 26.3. The van der Waals surface area contributed by atoms with Gasteiger partial charge in [-0.3, -0.25) is 0 Å². The number of hydrogen-bond acceptors (Lipinski definition) is 6. The largest absolute Gasteiger partial charge is 0.381 e. The number of nitrogens with zero attached hydrogens (tertiary/aromatic N) is 5. The summed E-state index contributed by atoms with van der Waals surface area (Å²) in [6.45, 7) is 0. The Morgan fingerprint density at radius 3 is 2.67 bits per heavy atom. The van der Waals surface area contributed by atoms with Gasteiger partial charge in [-0.1, -0.05) is 5.92 Å². The molecule has 2 aromatic rings. The SMILES string of the molecule is COC1C#CC(=Nc2nc(Cl)nc3c2cnn3C2CCC(OC)CC2)C=C1. The molecule has 0 amide bonds. The van der Waals surface area contributed by atoms with Crippen LogP contribution in [0.5, 0.6) is 0 Å². The molecule has 140 valence electrons. The number of ether oxygens (including phenoxy) is 2. The maximum Gasteiger partial charge on any atom is 0.226 e. The van der Waals surface area contributed by atoms with E-state index in [1.54, 1.807) is 20.4 Å². The van der Waals surface area contributed by atoms with Gasteiger partial charge >= 0.3 is 0 Å². The molecule has 1 saturated carbocycles. The molecule has 0 spiro atoms. The fraction of sp³-hybridized carbons (Fsp3) is 0.474. The van der Waals surface area contributed by atoms with Crippen molar-refractivity contribution in [3.8, 4) is 11.8 Å². The third-order valence-corrected chi connectivity index (χ3v) is 5.15. The molecule has 2 aliphatic rings. The summed E-state index contributed by atoms with van der Waals surface area (Å²) < 4.78 is 12.6. The van der Waals surface area contributed by atoms with E-state index in [2.05, 4.69) is 31.9 Å². The van der Waals surface area contributed by atoms with Crippen molar-refractivity contribution in [3.05, 3.63) is 23.6 Å². The van der Waals surface area contributed by atoms with E-state index in [1.807, 2.05) is 16.8 Å². The third-order valence-electron chi connectivity index (χ3n) is 4.98. The Labute approximate surface area is 162 Å². The first-order chi connectivity index (χ1) is 13.2. The van der Waals surface area contributed by atoms with E-state index in [0.717, 1.165) is 31.1 Å². The van der Waals surface area contributed by atoms with Crippen molar-refractivity contribution >= 4 is 34.2 Å². The zero-order valence-electron chi connectivity index (χ0n) is 15.2. The molecule has 0 aromatic carbocycles. The van der Waals surface area contributed by atoms with E-state index in [0.29, 0.717) is 23.3 Å². The lowest BCUT2D eigenvalue weighted by Gasteiger charge is -2.27. The smallest absolute Gasteiger partial charge is 0.226 e. The highest BCUT2D eigenvalue weighted by Gasteiger charge is 2.25. The summed E-state index contributed by atoms with van der Waals surface area (Å²) >= 11 is 6.17. The van der Waals surface area contributed by atoms with Gasteiger partial charge in [-0.05, 0) is 55.4 Å². The zero-order chi connectivity index (χ0) is 18.8. The van der Waals surface area contributed by atoms with Crippen LogP contribution in [0.15, 0.2) is 23.3 Å². The van der Waals surface area contributed by atoms with Gasteiger partial charge in [0.2, 0.25) is 5.28 Å². The standard InChI is InChI=1S/C19H20ClN5O2/c1-26-14-7-3-12(4-8-14)22-17-16-11-21-25(18(16)24-19(20)23-17)13-5-9-15(27-2)10-6-13/h3,7,11,13-15H,5-6,9-10H2,1-2H3. The summed E-state index contributed by atoms with van der Waals surface area (Å²) in [6.07, 6.45) is 9.57. The summed E-state index contributed by atoms with van der Waals surface area (Å²) in [5, 5.41) is 5.48. The average molecular weight is 386 g/mol. The van der Waals surface area contributed by atoms with Gasteiger partial charge in [0.1, 0.15) is 11.8 Å². The van der Waals surface area contributed by atoms with Crippen molar-refractivity contribution in [2.45, 2.75) is 43.9 Å². The van der Waals surface area contributed by atoms with Gasteiger partial charge in [-0.15, -0.1) is 0 Å². The molecule has 0 N–H and O–H groups in total. The molecule has 4 rings (SSSR count). The van der Waals surface area contributed by atoms with E-state index >= 15 is 0 Å². The van der Waals surface area contributed by atoms with Crippen molar-refractivity contribution in [2.24, 2.45) is 4.99 Å². The van der Waals surface area contributed by atoms with Gasteiger partial charge in [-0.25, -0.2) is 9.67 Å². The molecule has 2 aromatic heterocycles. The highest BCUT2D eigenvalue weighted by atomic mass is 35.5. The van der Waals surface area contributed by atoms with Crippen LogP contribution in [-0.4, -0.2) is 51.9 Å². The topological polar surface area (TPSA) is 74.4 Å². The first kappa shape index (κ1) is 18.1. The second-order valence-corrected chi connectivity index (χ2v) is 6.93. The number of fused-ring (bicyclic) bond motifs is 1. The lowest BCUT2D eigenvalue weighted by molar-refractivity contribution is 0.0573. The quantitative estimate of drug-likeness (QED) is 0.596. The highest BCUT2D eigenvalue weighted by molar-refractivity contribution is 6.28. The number of halogens is 1. The molecule has 0 saturated heterocycles. The molecule has 2 heterocycles. The van der Waals surface area contributed by atoms with Gasteiger partial charge in [-0.2, -0.15) is 15.1 Å². The van der Waals surface area contributed by atoms with Crippen LogP contribution in [0.4, 0.5) is 5.82 Å². The Hall–Kier alpha value is -2.27. The minimum atomic E-state index is -0.206. The number of rotatable bonds is 4. The summed E-state index contributed by atoms with van der Waals surface area (Å²) in [7, 11) is 3.39. The van der Waals surface area contributed by atoms with E-state index in [4.69, 9.17) is 21.1 Å². The van der Waals surface area contributed by atoms with E-state index in [9.17, 15) is 0 Å². The number of hydrogen-bond donors (Lipinski definition) is 0. The molecule has 0 bridgehead atoms. The molecule has 1 fully saturated rings. The van der Waals surface area contributed by atoms with Gasteiger partial charge in [0.15, 0.2) is 11.5 Å². The Morgan fingerprint density at radius 1 is 1.19 bits per heavy atom.